The summed E-state index contributed by atoms with van der Waals surface area (Å²) in [5, 5.41) is 0. The third kappa shape index (κ3) is 9.63. The van der Waals surface area contributed by atoms with Crippen molar-refractivity contribution in [2.24, 2.45) is 0 Å². The van der Waals surface area contributed by atoms with Crippen LogP contribution in [0.2, 0.25) is 0 Å². The van der Waals surface area contributed by atoms with Crippen LogP contribution < -0.4 is 0 Å². The van der Waals surface area contributed by atoms with Crippen LogP contribution in [0.15, 0.2) is 0 Å². The summed E-state index contributed by atoms with van der Waals surface area (Å²) in [5.41, 5.74) is -1.09. The maximum Gasteiger partial charge on any atom is 0.184 e. The molecule has 0 bridgehead atoms. The summed E-state index contributed by atoms with van der Waals surface area (Å²) in [6.45, 7) is 24.3. The molecule has 0 aliphatic heterocycles. The number of rotatable bonds is 19. The highest BCUT2D eigenvalue weighted by molar-refractivity contribution is 7.41. The molecular formula is C22H49NO5P2. The van der Waals surface area contributed by atoms with Crippen molar-refractivity contribution >= 4 is 17.2 Å². The second-order valence-corrected chi connectivity index (χ2v) is 10.9. The van der Waals surface area contributed by atoms with Crippen LogP contribution >= 0.6 is 17.2 Å². The van der Waals surface area contributed by atoms with Crippen LogP contribution in [0, 0.1) is 0 Å². The predicted molar refractivity (Wildman–Crippen MR) is 131 cm³/mol. The molecule has 182 valence electrons. The fraction of sp³-hybridized carbons (Fsp3) is 1.00. The molecule has 0 N–H and O–H groups in total. The van der Waals surface area contributed by atoms with Crippen LogP contribution in [0.25, 0.3) is 0 Å². The van der Waals surface area contributed by atoms with E-state index in [4.69, 9.17) is 23.7 Å². The van der Waals surface area contributed by atoms with E-state index >= 15 is 0 Å². The second kappa shape index (κ2) is 16.3. The average molecular weight is 470 g/mol. The highest BCUT2D eigenvalue weighted by Gasteiger charge is 2.39. The van der Waals surface area contributed by atoms with Crippen LogP contribution in [0.5, 0.6) is 0 Å². The minimum atomic E-state index is -0.544. The van der Waals surface area contributed by atoms with Crippen molar-refractivity contribution in [3.8, 4) is 0 Å². The lowest BCUT2D eigenvalue weighted by atomic mass is 10.4. The Hall–Kier alpha value is 0.620. The van der Waals surface area contributed by atoms with Crippen molar-refractivity contribution < 1.29 is 23.7 Å². The van der Waals surface area contributed by atoms with E-state index in [-0.39, 0.29) is 17.8 Å². The lowest BCUT2D eigenvalue weighted by Crippen LogP contribution is -2.48. The highest BCUT2D eigenvalue weighted by Crippen LogP contribution is 2.48. The molecule has 0 aromatic carbocycles. The largest absolute Gasteiger partial charge is 0.364 e. The highest BCUT2D eigenvalue weighted by atomic mass is 31.1. The van der Waals surface area contributed by atoms with Gasteiger partial charge in [-0.3, -0.25) is 4.90 Å². The standard InChI is InChI=1S/C22H49NO5P2/c1-11-21(25-14-4,26-15-5)29-19(9)23(18(8)24-13-3)20(10)30-22(12-2,27-16-6)28-17-7/h18-20,29-30H,11-17H2,1-10H3. The van der Waals surface area contributed by atoms with Gasteiger partial charge in [0.15, 0.2) is 11.1 Å². The van der Waals surface area contributed by atoms with E-state index in [0.717, 1.165) is 12.8 Å². The van der Waals surface area contributed by atoms with Crippen molar-refractivity contribution in [1.29, 1.82) is 0 Å². The molecule has 5 atom stereocenters. The molecule has 0 saturated heterocycles. The molecule has 5 unspecified atom stereocenters. The van der Waals surface area contributed by atoms with Crippen LogP contribution in [-0.4, -0.2) is 66.8 Å². The fourth-order valence-corrected chi connectivity index (χ4v) is 7.78. The molecule has 8 heteroatoms. The minimum Gasteiger partial charge on any atom is -0.364 e. The smallest absolute Gasteiger partial charge is 0.184 e. The maximum atomic E-state index is 6.13. The maximum absolute atomic E-state index is 6.13. The molecule has 0 amide bonds. The van der Waals surface area contributed by atoms with Gasteiger partial charge < -0.3 is 23.7 Å². The van der Waals surface area contributed by atoms with Gasteiger partial charge in [-0.15, -0.1) is 0 Å². The normalized spacial score (nSPS) is 16.9. The molecule has 0 aliphatic carbocycles. The molecular weight excluding hydrogens is 420 g/mol. The van der Waals surface area contributed by atoms with Gasteiger partial charge in [0.2, 0.25) is 0 Å². The molecule has 0 heterocycles. The summed E-state index contributed by atoms with van der Waals surface area (Å²) in [7, 11) is 0.929. The van der Waals surface area contributed by atoms with Crippen molar-refractivity contribution in [3.63, 3.8) is 0 Å². The van der Waals surface area contributed by atoms with E-state index < -0.39 is 11.1 Å². The first-order valence-corrected chi connectivity index (χ1v) is 13.9. The van der Waals surface area contributed by atoms with E-state index in [1.54, 1.807) is 0 Å². The zero-order valence-electron chi connectivity index (χ0n) is 21.2. The molecule has 30 heavy (non-hydrogen) atoms. The van der Waals surface area contributed by atoms with E-state index in [1.807, 2.05) is 34.6 Å². The summed E-state index contributed by atoms with van der Waals surface area (Å²) < 4.78 is 30.6. The monoisotopic (exact) mass is 469 g/mol. The van der Waals surface area contributed by atoms with E-state index in [0.29, 0.717) is 50.2 Å². The molecule has 0 saturated carbocycles. The number of nitrogens with zero attached hydrogens (tertiary/aromatic N) is 1. The van der Waals surface area contributed by atoms with Crippen LogP contribution in [0.4, 0.5) is 0 Å². The Balaban J connectivity index is 5.74. The van der Waals surface area contributed by atoms with Crippen LogP contribution in [0.3, 0.4) is 0 Å². The summed E-state index contributed by atoms with van der Waals surface area (Å²) in [6, 6.07) is 0. The Morgan fingerprint density at radius 2 is 0.933 bits per heavy atom. The summed E-state index contributed by atoms with van der Waals surface area (Å²) >= 11 is 0. The molecule has 6 nitrogen and oxygen atoms in total. The molecule has 0 rings (SSSR count). The molecule has 0 aromatic rings. The molecule has 0 radical (unpaired) electrons. The Morgan fingerprint density at radius 3 is 1.17 bits per heavy atom. The Bertz CT molecular complexity index is 386. The summed E-state index contributed by atoms with van der Waals surface area (Å²) in [5.74, 6) is 0.454. The number of hydrogen-bond acceptors (Lipinski definition) is 6. The van der Waals surface area contributed by atoms with Crippen molar-refractivity contribution in [1.82, 2.24) is 4.90 Å². The van der Waals surface area contributed by atoms with Gasteiger partial charge in [-0.1, -0.05) is 13.8 Å². The molecule has 0 spiro atoms. The van der Waals surface area contributed by atoms with E-state index in [1.165, 1.54) is 0 Å². The Morgan fingerprint density at radius 1 is 0.600 bits per heavy atom. The lowest BCUT2D eigenvalue weighted by Gasteiger charge is -2.45. The van der Waals surface area contributed by atoms with Gasteiger partial charge in [-0.25, -0.2) is 0 Å². The Kier molecular flexibility index (Phi) is 16.6. The van der Waals surface area contributed by atoms with E-state index in [2.05, 4.69) is 39.5 Å². The number of hydrogen-bond donors (Lipinski definition) is 0. The van der Waals surface area contributed by atoms with Gasteiger partial charge in [0.25, 0.3) is 0 Å². The second-order valence-electron chi connectivity index (χ2n) is 7.09. The van der Waals surface area contributed by atoms with E-state index in [9.17, 15) is 0 Å². The fourth-order valence-electron chi connectivity index (χ4n) is 3.87. The van der Waals surface area contributed by atoms with Crippen molar-refractivity contribution in [3.05, 3.63) is 0 Å². The lowest BCUT2D eigenvalue weighted by molar-refractivity contribution is -0.172. The topological polar surface area (TPSA) is 49.4 Å². The van der Waals surface area contributed by atoms with Crippen molar-refractivity contribution in [2.75, 3.05) is 33.0 Å². The first-order valence-electron chi connectivity index (χ1n) is 11.7. The predicted octanol–water partition coefficient (Wildman–Crippen LogP) is 5.99. The van der Waals surface area contributed by atoms with Crippen LogP contribution in [0.1, 0.15) is 82.1 Å². The quantitative estimate of drug-likeness (QED) is 0.171. The number of ether oxygens (including phenoxy) is 5. The van der Waals surface area contributed by atoms with Gasteiger partial charge in [-0.2, -0.15) is 0 Å². The van der Waals surface area contributed by atoms with Gasteiger partial charge in [0.1, 0.15) is 6.23 Å². The first-order chi connectivity index (χ1) is 14.2. The molecule has 0 fully saturated rings. The van der Waals surface area contributed by atoms with Gasteiger partial charge >= 0.3 is 0 Å². The minimum absolute atomic E-state index is 0.0179. The third-order valence-electron chi connectivity index (χ3n) is 5.02. The van der Waals surface area contributed by atoms with Gasteiger partial charge in [-0.05, 0) is 72.6 Å². The molecule has 0 aliphatic rings. The zero-order valence-corrected chi connectivity index (χ0v) is 23.2. The summed E-state index contributed by atoms with van der Waals surface area (Å²) in [4.78, 5) is 2.45. The van der Waals surface area contributed by atoms with Gasteiger partial charge in [0.05, 0.1) is 0 Å². The third-order valence-corrected chi connectivity index (χ3v) is 8.62. The first kappa shape index (κ1) is 30.6. The van der Waals surface area contributed by atoms with Crippen LogP contribution in [-0.2, 0) is 23.7 Å². The molecule has 0 aromatic heterocycles. The van der Waals surface area contributed by atoms with Gasteiger partial charge in [0, 0.05) is 57.4 Å². The van der Waals surface area contributed by atoms with Crippen molar-refractivity contribution in [2.45, 2.75) is 111 Å². The SMILES string of the molecule is CCOC(C)N(C(C)PC(CC)(OCC)OCC)C(C)PC(CC)(OCC)OCC. The summed E-state index contributed by atoms with van der Waals surface area (Å²) in [6.07, 6.45) is 1.62. The Labute approximate surface area is 190 Å². The zero-order chi connectivity index (χ0) is 23.2. The average Bonchev–Trinajstić information content (AvgIpc) is 2.68.